The minimum atomic E-state index is -0.0282. The molecular weight excluding hydrogens is 224 g/mol. The van der Waals surface area contributed by atoms with Crippen LogP contribution in [-0.4, -0.2) is 16.9 Å². The van der Waals surface area contributed by atoms with Crippen molar-refractivity contribution < 1.29 is 4.79 Å². The molecule has 0 saturated carbocycles. The zero-order valence-electron chi connectivity index (χ0n) is 11.1. The van der Waals surface area contributed by atoms with Gasteiger partial charge in [-0.25, -0.2) is 0 Å². The van der Waals surface area contributed by atoms with Gasteiger partial charge in [-0.15, -0.1) is 0 Å². The normalized spacial score (nSPS) is 16.9. The van der Waals surface area contributed by atoms with Crippen molar-refractivity contribution in [1.82, 2.24) is 10.3 Å². The Hall–Kier alpha value is -1.64. The van der Waals surface area contributed by atoms with E-state index in [0.717, 1.165) is 18.5 Å². The first-order chi connectivity index (χ1) is 8.68. The second-order valence-corrected chi connectivity index (χ2v) is 4.86. The molecule has 1 aliphatic rings. The number of allylic oxidation sites excluding steroid dienone is 1. The molecule has 1 aliphatic carbocycles. The van der Waals surface area contributed by atoms with Gasteiger partial charge in [0.05, 0.1) is 5.56 Å². The Balaban J connectivity index is 2.03. The Kier molecular flexibility index (Phi) is 4.13. The number of hydrogen-bond donors (Lipinski definition) is 1. The molecule has 1 atom stereocenters. The Morgan fingerprint density at radius 3 is 2.94 bits per heavy atom. The maximum atomic E-state index is 12.1. The van der Waals surface area contributed by atoms with Gasteiger partial charge in [0.25, 0.3) is 5.91 Å². The van der Waals surface area contributed by atoms with Crippen LogP contribution in [0.1, 0.15) is 48.7 Å². The summed E-state index contributed by atoms with van der Waals surface area (Å²) >= 11 is 0. The fourth-order valence-electron chi connectivity index (χ4n) is 2.35. The van der Waals surface area contributed by atoms with Gasteiger partial charge in [0.15, 0.2) is 0 Å². The highest BCUT2D eigenvalue weighted by molar-refractivity contribution is 5.95. The van der Waals surface area contributed by atoms with Crippen molar-refractivity contribution in [2.24, 2.45) is 0 Å². The largest absolute Gasteiger partial charge is 0.346 e. The molecule has 0 spiro atoms. The van der Waals surface area contributed by atoms with Gasteiger partial charge >= 0.3 is 0 Å². The Bertz CT molecular complexity index is 465. The first-order valence-corrected chi connectivity index (χ1v) is 6.60. The molecule has 96 valence electrons. The second-order valence-electron chi connectivity index (χ2n) is 4.86. The first-order valence-electron chi connectivity index (χ1n) is 6.60. The number of nitrogens with zero attached hydrogens (tertiary/aromatic N) is 1. The van der Waals surface area contributed by atoms with E-state index in [1.54, 1.807) is 12.3 Å². The van der Waals surface area contributed by atoms with E-state index in [9.17, 15) is 4.79 Å². The van der Waals surface area contributed by atoms with E-state index in [1.807, 2.05) is 13.0 Å². The highest BCUT2D eigenvalue weighted by atomic mass is 16.1. The molecule has 1 unspecified atom stereocenters. The van der Waals surface area contributed by atoms with Crippen molar-refractivity contribution in [1.29, 1.82) is 0 Å². The fraction of sp³-hybridized carbons (Fsp3) is 0.467. The highest BCUT2D eigenvalue weighted by Crippen LogP contribution is 2.20. The highest BCUT2D eigenvalue weighted by Gasteiger charge is 2.16. The van der Waals surface area contributed by atoms with E-state index in [4.69, 9.17) is 0 Å². The molecule has 3 heteroatoms. The molecule has 18 heavy (non-hydrogen) atoms. The number of nitrogens with one attached hydrogen (secondary N) is 1. The van der Waals surface area contributed by atoms with Crippen LogP contribution in [0.25, 0.3) is 0 Å². The van der Waals surface area contributed by atoms with E-state index in [1.165, 1.54) is 18.4 Å². The van der Waals surface area contributed by atoms with Gasteiger partial charge in [0.1, 0.15) is 0 Å². The summed E-state index contributed by atoms with van der Waals surface area (Å²) in [5.41, 5.74) is 2.80. The molecule has 0 aromatic carbocycles. The monoisotopic (exact) mass is 244 g/mol. The average molecular weight is 244 g/mol. The third-order valence-electron chi connectivity index (χ3n) is 3.48. The lowest BCUT2D eigenvalue weighted by Crippen LogP contribution is -2.34. The minimum absolute atomic E-state index is 0.0282. The number of rotatable bonds is 3. The Labute approximate surface area is 108 Å². The second kappa shape index (κ2) is 5.80. The van der Waals surface area contributed by atoms with Crippen molar-refractivity contribution in [3.05, 3.63) is 41.2 Å². The molecule has 0 radical (unpaired) electrons. The van der Waals surface area contributed by atoms with E-state index < -0.39 is 0 Å². The van der Waals surface area contributed by atoms with Gasteiger partial charge in [-0.2, -0.15) is 0 Å². The molecule has 0 aliphatic heterocycles. The van der Waals surface area contributed by atoms with Crippen molar-refractivity contribution >= 4 is 5.91 Å². The number of pyridine rings is 1. The molecule has 2 rings (SSSR count). The molecule has 3 nitrogen and oxygen atoms in total. The minimum Gasteiger partial charge on any atom is -0.346 e. The van der Waals surface area contributed by atoms with Gasteiger partial charge < -0.3 is 5.32 Å². The molecule has 1 heterocycles. The smallest absolute Gasteiger partial charge is 0.253 e. The van der Waals surface area contributed by atoms with E-state index in [0.29, 0.717) is 5.56 Å². The molecule has 1 N–H and O–H groups in total. The van der Waals surface area contributed by atoms with Gasteiger partial charge in [0.2, 0.25) is 0 Å². The van der Waals surface area contributed by atoms with Crippen LogP contribution in [-0.2, 0) is 0 Å². The standard InChI is InChI=1S/C15H20N2O/c1-11(13-7-4-3-5-8-13)17-15(18)14-9-6-10-16-12(14)2/h6-7,9-11H,3-5,8H2,1-2H3,(H,17,18). The van der Waals surface area contributed by atoms with Crippen LogP contribution in [0.4, 0.5) is 0 Å². The van der Waals surface area contributed by atoms with Crippen molar-refractivity contribution in [3.63, 3.8) is 0 Å². The lowest BCUT2D eigenvalue weighted by atomic mass is 9.94. The third-order valence-corrected chi connectivity index (χ3v) is 3.48. The maximum Gasteiger partial charge on any atom is 0.253 e. The average Bonchev–Trinajstić information content (AvgIpc) is 2.40. The summed E-state index contributed by atoms with van der Waals surface area (Å²) in [6.07, 6.45) is 8.72. The summed E-state index contributed by atoms with van der Waals surface area (Å²) in [4.78, 5) is 16.3. The summed E-state index contributed by atoms with van der Waals surface area (Å²) in [5.74, 6) is -0.0282. The number of aryl methyl sites for hydroxylation is 1. The van der Waals surface area contributed by atoms with Gasteiger partial charge in [-0.1, -0.05) is 11.6 Å². The lowest BCUT2D eigenvalue weighted by Gasteiger charge is -2.21. The Morgan fingerprint density at radius 1 is 1.44 bits per heavy atom. The summed E-state index contributed by atoms with van der Waals surface area (Å²) in [5, 5.41) is 3.06. The fourth-order valence-corrected chi connectivity index (χ4v) is 2.35. The van der Waals surface area contributed by atoms with Crippen LogP contribution in [0.3, 0.4) is 0 Å². The third kappa shape index (κ3) is 2.97. The van der Waals surface area contributed by atoms with Crippen molar-refractivity contribution in [2.45, 2.75) is 45.6 Å². The van der Waals surface area contributed by atoms with Crippen LogP contribution in [0.2, 0.25) is 0 Å². The van der Waals surface area contributed by atoms with Crippen LogP contribution < -0.4 is 5.32 Å². The number of amides is 1. The van der Waals surface area contributed by atoms with Crippen molar-refractivity contribution in [3.8, 4) is 0 Å². The molecule has 1 aromatic rings. The summed E-state index contributed by atoms with van der Waals surface area (Å²) < 4.78 is 0. The predicted octanol–water partition coefficient (Wildman–Crippen LogP) is 3.01. The van der Waals surface area contributed by atoms with Crippen LogP contribution in [0.15, 0.2) is 30.0 Å². The number of carbonyl (C=O) groups is 1. The van der Waals surface area contributed by atoms with Crippen molar-refractivity contribution in [2.75, 3.05) is 0 Å². The molecular formula is C15H20N2O. The molecule has 0 fully saturated rings. The molecule has 1 aromatic heterocycles. The van der Waals surface area contributed by atoms with Crippen LogP contribution in [0.5, 0.6) is 0 Å². The predicted molar refractivity (Wildman–Crippen MR) is 72.5 cm³/mol. The van der Waals surface area contributed by atoms with E-state index in [2.05, 4.69) is 23.3 Å². The lowest BCUT2D eigenvalue weighted by molar-refractivity contribution is 0.0943. The first kappa shape index (κ1) is 12.8. The summed E-state index contributed by atoms with van der Waals surface area (Å²) in [7, 11) is 0. The maximum absolute atomic E-state index is 12.1. The van der Waals surface area contributed by atoms with Crippen LogP contribution in [0, 0.1) is 6.92 Å². The van der Waals surface area contributed by atoms with E-state index >= 15 is 0 Å². The zero-order valence-corrected chi connectivity index (χ0v) is 11.1. The topological polar surface area (TPSA) is 42.0 Å². The SMILES string of the molecule is Cc1ncccc1C(=O)NC(C)C1=CCCCC1. The summed E-state index contributed by atoms with van der Waals surface area (Å²) in [6.45, 7) is 3.92. The zero-order chi connectivity index (χ0) is 13.0. The summed E-state index contributed by atoms with van der Waals surface area (Å²) in [6, 6.07) is 3.74. The Morgan fingerprint density at radius 2 is 2.28 bits per heavy atom. The quantitative estimate of drug-likeness (QED) is 0.830. The van der Waals surface area contributed by atoms with Gasteiger partial charge in [-0.05, 0) is 51.7 Å². The van der Waals surface area contributed by atoms with Crippen LogP contribution >= 0.6 is 0 Å². The number of aromatic nitrogens is 1. The number of hydrogen-bond acceptors (Lipinski definition) is 2. The van der Waals surface area contributed by atoms with E-state index in [-0.39, 0.29) is 11.9 Å². The molecule has 0 saturated heterocycles. The number of carbonyl (C=O) groups excluding carboxylic acids is 1. The van der Waals surface area contributed by atoms with Gasteiger partial charge in [0, 0.05) is 17.9 Å². The molecule has 0 bridgehead atoms. The molecule has 1 amide bonds. The van der Waals surface area contributed by atoms with Gasteiger partial charge in [-0.3, -0.25) is 9.78 Å².